The van der Waals surface area contributed by atoms with E-state index < -0.39 is 0 Å². The number of aryl methyl sites for hydroxylation is 1. The van der Waals surface area contributed by atoms with Crippen LogP contribution in [0.3, 0.4) is 0 Å². The fourth-order valence-corrected chi connectivity index (χ4v) is 3.70. The summed E-state index contributed by atoms with van der Waals surface area (Å²) in [5.41, 5.74) is 3.29. The zero-order chi connectivity index (χ0) is 15.1. The van der Waals surface area contributed by atoms with Gasteiger partial charge in [-0.2, -0.15) is 0 Å². The van der Waals surface area contributed by atoms with Gasteiger partial charge in [-0.05, 0) is 36.4 Å². The number of hydrogen-bond acceptors (Lipinski definition) is 4. The largest absolute Gasteiger partial charge is 0.355 e. The molecule has 110 valence electrons. The molecule has 1 aliphatic rings. The summed E-state index contributed by atoms with van der Waals surface area (Å²) in [6.07, 6.45) is 1.74. The molecule has 1 aromatic carbocycles. The van der Waals surface area contributed by atoms with Crippen molar-refractivity contribution in [2.45, 2.75) is 12.8 Å². The molecule has 0 saturated carbocycles. The number of carbonyl (C=O) groups excluding carboxylic acids is 1. The van der Waals surface area contributed by atoms with Gasteiger partial charge in [-0.15, -0.1) is 11.3 Å². The molecule has 0 aliphatic heterocycles. The number of aromatic nitrogens is 1. The van der Waals surface area contributed by atoms with E-state index >= 15 is 0 Å². The highest BCUT2D eigenvalue weighted by atomic mass is 32.1. The predicted molar refractivity (Wildman–Crippen MR) is 86.4 cm³/mol. The van der Waals surface area contributed by atoms with Gasteiger partial charge in [0.05, 0.1) is 0 Å². The standard InChI is InChI=1S/C17H14N2O2S/c1-19(11-5-3-2-4-6-11)17(20)15-13-7-8-14-12(9-10-22-14)16(13)21-18-15/h2-6,9-10H,7-8H2,1H3. The zero-order valence-corrected chi connectivity index (χ0v) is 12.9. The summed E-state index contributed by atoms with van der Waals surface area (Å²) in [6.45, 7) is 0. The normalized spacial score (nSPS) is 12.6. The van der Waals surface area contributed by atoms with E-state index in [0.717, 1.165) is 35.4 Å². The highest BCUT2D eigenvalue weighted by Crippen LogP contribution is 2.38. The number of fused-ring (bicyclic) bond motifs is 3. The Balaban J connectivity index is 1.72. The van der Waals surface area contributed by atoms with Crippen LogP contribution in [0.5, 0.6) is 0 Å². The SMILES string of the molecule is CN(C(=O)c1noc2c1CCc1sccc1-2)c1ccccc1. The Kier molecular flexibility index (Phi) is 3.08. The molecule has 5 heteroatoms. The van der Waals surface area contributed by atoms with Crippen molar-refractivity contribution in [3.8, 4) is 11.3 Å². The molecule has 0 N–H and O–H groups in total. The first kappa shape index (κ1) is 13.3. The third-order valence-electron chi connectivity index (χ3n) is 4.03. The predicted octanol–water partition coefficient (Wildman–Crippen LogP) is 3.78. The Morgan fingerprint density at radius 2 is 2.05 bits per heavy atom. The van der Waals surface area contributed by atoms with Crippen LogP contribution < -0.4 is 4.90 Å². The number of benzene rings is 1. The average Bonchev–Trinajstić information content (AvgIpc) is 3.20. The van der Waals surface area contributed by atoms with Gasteiger partial charge in [-0.3, -0.25) is 4.79 Å². The van der Waals surface area contributed by atoms with Crippen LogP contribution in [0.25, 0.3) is 11.3 Å². The Morgan fingerprint density at radius 3 is 2.86 bits per heavy atom. The molecule has 0 radical (unpaired) electrons. The Morgan fingerprint density at radius 1 is 1.23 bits per heavy atom. The van der Waals surface area contributed by atoms with Gasteiger partial charge < -0.3 is 9.42 Å². The van der Waals surface area contributed by atoms with E-state index in [0.29, 0.717) is 5.69 Å². The van der Waals surface area contributed by atoms with Crippen molar-refractivity contribution >= 4 is 22.9 Å². The van der Waals surface area contributed by atoms with Crippen molar-refractivity contribution < 1.29 is 9.32 Å². The molecule has 0 spiro atoms. The summed E-state index contributed by atoms with van der Waals surface area (Å²) in [5, 5.41) is 6.12. The minimum atomic E-state index is -0.130. The van der Waals surface area contributed by atoms with E-state index in [1.165, 1.54) is 4.88 Å². The van der Waals surface area contributed by atoms with E-state index in [4.69, 9.17) is 4.52 Å². The third kappa shape index (κ3) is 1.97. The van der Waals surface area contributed by atoms with Crippen LogP contribution in [-0.4, -0.2) is 18.1 Å². The van der Waals surface area contributed by atoms with Crippen molar-refractivity contribution in [2.75, 3.05) is 11.9 Å². The molecule has 0 saturated heterocycles. The van der Waals surface area contributed by atoms with Gasteiger partial charge in [-0.25, -0.2) is 0 Å². The Bertz CT molecular complexity index is 835. The highest BCUT2D eigenvalue weighted by molar-refractivity contribution is 7.10. The maximum atomic E-state index is 12.7. The Labute approximate surface area is 132 Å². The molecule has 2 aromatic heterocycles. The Hall–Kier alpha value is -2.40. The second-order valence-corrected chi connectivity index (χ2v) is 6.30. The van der Waals surface area contributed by atoms with Crippen LogP contribution in [0, 0.1) is 0 Å². The molecular weight excluding hydrogens is 296 g/mol. The van der Waals surface area contributed by atoms with Crippen molar-refractivity contribution in [1.29, 1.82) is 0 Å². The van der Waals surface area contributed by atoms with Crippen LogP contribution in [0.4, 0.5) is 5.69 Å². The third-order valence-corrected chi connectivity index (χ3v) is 5.01. The molecular formula is C17H14N2O2S. The molecule has 4 rings (SSSR count). The lowest BCUT2D eigenvalue weighted by atomic mass is 9.95. The lowest BCUT2D eigenvalue weighted by molar-refractivity contribution is 0.0983. The fourth-order valence-electron chi connectivity index (χ4n) is 2.82. The molecule has 0 bridgehead atoms. The summed E-state index contributed by atoms with van der Waals surface area (Å²) in [5.74, 6) is 0.627. The first-order chi connectivity index (χ1) is 10.8. The maximum Gasteiger partial charge on any atom is 0.280 e. The number of para-hydroxylation sites is 1. The summed E-state index contributed by atoms with van der Waals surface area (Å²) >= 11 is 1.73. The van der Waals surface area contributed by atoms with Crippen molar-refractivity contribution in [3.63, 3.8) is 0 Å². The smallest absolute Gasteiger partial charge is 0.280 e. The highest BCUT2D eigenvalue weighted by Gasteiger charge is 2.29. The number of hydrogen-bond donors (Lipinski definition) is 0. The molecule has 4 nitrogen and oxygen atoms in total. The number of anilines is 1. The van der Waals surface area contributed by atoms with Gasteiger partial charge >= 0.3 is 0 Å². The van der Waals surface area contributed by atoms with Crippen LogP contribution in [0.15, 0.2) is 46.3 Å². The van der Waals surface area contributed by atoms with E-state index in [9.17, 15) is 4.79 Å². The molecule has 22 heavy (non-hydrogen) atoms. The number of rotatable bonds is 2. The number of nitrogens with zero attached hydrogens (tertiary/aromatic N) is 2. The van der Waals surface area contributed by atoms with Crippen LogP contribution >= 0.6 is 11.3 Å². The second-order valence-electron chi connectivity index (χ2n) is 5.30. The van der Waals surface area contributed by atoms with Gasteiger partial charge in [0.15, 0.2) is 11.5 Å². The zero-order valence-electron chi connectivity index (χ0n) is 12.1. The maximum absolute atomic E-state index is 12.7. The van der Waals surface area contributed by atoms with E-state index in [1.807, 2.05) is 36.4 Å². The molecule has 0 fully saturated rings. The quantitative estimate of drug-likeness (QED) is 0.723. The number of amides is 1. The van der Waals surface area contributed by atoms with Gasteiger partial charge in [0.25, 0.3) is 5.91 Å². The monoisotopic (exact) mass is 310 g/mol. The van der Waals surface area contributed by atoms with Crippen LogP contribution in [0.1, 0.15) is 20.9 Å². The summed E-state index contributed by atoms with van der Waals surface area (Å²) in [7, 11) is 1.76. The summed E-state index contributed by atoms with van der Waals surface area (Å²) in [6, 6.07) is 11.6. The second kappa shape index (κ2) is 5.10. The minimum absolute atomic E-state index is 0.130. The lowest BCUT2D eigenvalue weighted by Gasteiger charge is -2.17. The van der Waals surface area contributed by atoms with E-state index in [2.05, 4.69) is 10.5 Å². The number of carbonyl (C=O) groups is 1. The van der Waals surface area contributed by atoms with Gasteiger partial charge in [-0.1, -0.05) is 23.4 Å². The molecule has 2 heterocycles. The topological polar surface area (TPSA) is 46.3 Å². The molecule has 0 atom stereocenters. The van der Waals surface area contributed by atoms with Crippen molar-refractivity contribution in [3.05, 3.63) is 57.9 Å². The van der Waals surface area contributed by atoms with Crippen LogP contribution in [-0.2, 0) is 12.8 Å². The van der Waals surface area contributed by atoms with E-state index in [1.54, 1.807) is 23.3 Å². The van der Waals surface area contributed by atoms with Gasteiger partial charge in [0, 0.05) is 28.7 Å². The fraction of sp³-hybridized carbons (Fsp3) is 0.176. The van der Waals surface area contributed by atoms with Gasteiger partial charge in [0.1, 0.15) is 0 Å². The first-order valence-corrected chi connectivity index (χ1v) is 8.02. The van der Waals surface area contributed by atoms with Gasteiger partial charge in [0.2, 0.25) is 0 Å². The minimum Gasteiger partial charge on any atom is -0.355 e. The molecule has 0 unspecified atom stereocenters. The molecule has 1 aliphatic carbocycles. The van der Waals surface area contributed by atoms with Crippen molar-refractivity contribution in [1.82, 2.24) is 5.16 Å². The summed E-state index contributed by atoms with van der Waals surface area (Å²) in [4.78, 5) is 15.7. The molecule has 1 amide bonds. The lowest BCUT2D eigenvalue weighted by Crippen LogP contribution is -2.27. The molecule has 3 aromatic rings. The van der Waals surface area contributed by atoms with Crippen LogP contribution in [0.2, 0.25) is 0 Å². The van der Waals surface area contributed by atoms with E-state index in [-0.39, 0.29) is 5.91 Å². The average molecular weight is 310 g/mol. The first-order valence-electron chi connectivity index (χ1n) is 7.14. The number of thiophene rings is 1. The van der Waals surface area contributed by atoms with Crippen molar-refractivity contribution in [2.24, 2.45) is 0 Å². The summed E-state index contributed by atoms with van der Waals surface area (Å²) < 4.78 is 5.49.